The first-order valence-corrected chi connectivity index (χ1v) is 11.9. The van der Waals surface area contributed by atoms with Crippen molar-refractivity contribution in [2.24, 2.45) is 0 Å². The number of nitrogens with zero attached hydrogens (tertiary/aromatic N) is 2. The van der Waals surface area contributed by atoms with Gasteiger partial charge in [-0.15, -0.1) is 0 Å². The third-order valence-corrected chi connectivity index (χ3v) is 6.61. The summed E-state index contributed by atoms with van der Waals surface area (Å²) in [5.41, 5.74) is 5.82. The number of carbonyl (C=O) groups excluding carboxylic acids is 2. The van der Waals surface area contributed by atoms with Crippen LogP contribution in [0.15, 0.2) is 84.9 Å². The van der Waals surface area contributed by atoms with Crippen molar-refractivity contribution in [3.8, 4) is 5.75 Å². The highest BCUT2D eigenvalue weighted by Crippen LogP contribution is 2.42. The fourth-order valence-corrected chi connectivity index (χ4v) is 4.92. The van der Waals surface area contributed by atoms with Crippen LogP contribution in [0.25, 0.3) is 16.8 Å². The molecule has 0 aliphatic carbocycles. The van der Waals surface area contributed by atoms with Gasteiger partial charge in [0, 0.05) is 31.3 Å². The van der Waals surface area contributed by atoms with E-state index >= 15 is 0 Å². The second-order valence-electron chi connectivity index (χ2n) is 8.78. The Morgan fingerprint density at radius 2 is 1.51 bits per heavy atom. The van der Waals surface area contributed by atoms with Crippen molar-refractivity contribution in [1.82, 2.24) is 4.90 Å². The third kappa shape index (κ3) is 4.26. The van der Waals surface area contributed by atoms with Crippen LogP contribution in [-0.2, 0) is 9.59 Å². The number of amides is 2. The zero-order valence-corrected chi connectivity index (χ0v) is 20.0. The van der Waals surface area contributed by atoms with Gasteiger partial charge in [0.1, 0.15) is 5.75 Å². The van der Waals surface area contributed by atoms with Crippen LogP contribution < -0.4 is 9.64 Å². The molecule has 176 valence electrons. The van der Waals surface area contributed by atoms with Gasteiger partial charge in [0.25, 0.3) is 5.91 Å². The van der Waals surface area contributed by atoms with Crippen LogP contribution in [0.5, 0.6) is 5.75 Å². The van der Waals surface area contributed by atoms with E-state index in [0.717, 1.165) is 59.6 Å². The SMILES string of the molecule is COc1ccc(/C(=C\C(=C2\C(=O)N(C(C)=O)c3ccccc32)c2ccccc2)N2CCCC2)cc1. The van der Waals surface area contributed by atoms with Crippen molar-refractivity contribution in [3.63, 3.8) is 0 Å². The standard InChI is InChI=1S/C30H28N2O3/c1-21(33)32-27-13-7-6-12-25(27)29(30(32)34)26(22-10-4-3-5-11-22)20-28(31-18-8-9-19-31)23-14-16-24(35-2)17-15-23/h3-7,10-17,20H,8-9,18-19H2,1-2H3/b28-20+,29-26-. The molecular weight excluding hydrogens is 436 g/mol. The van der Waals surface area contributed by atoms with Gasteiger partial charge in [-0.05, 0) is 65.9 Å². The molecule has 1 saturated heterocycles. The molecule has 0 radical (unpaired) electrons. The van der Waals surface area contributed by atoms with Crippen LogP contribution in [0.3, 0.4) is 0 Å². The van der Waals surface area contributed by atoms with Crippen molar-refractivity contribution in [2.75, 3.05) is 25.1 Å². The lowest BCUT2D eigenvalue weighted by Crippen LogP contribution is -2.31. The van der Waals surface area contributed by atoms with Crippen molar-refractivity contribution < 1.29 is 14.3 Å². The van der Waals surface area contributed by atoms with Gasteiger partial charge in [-0.25, -0.2) is 4.90 Å². The molecule has 0 spiro atoms. The van der Waals surface area contributed by atoms with Gasteiger partial charge < -0.3 is 9.64 Å². The number of para-hydroxylation sites is 1. The summed E-state index contributed by atoms with van der Waals surface area (Å²) in [5.74, 6) is 0.223. The Bertz CT molecular complexity index is 1320. The molecule has 2 amide bonds. The maximum atomic E-state index is 13.7. The minimum atomic E-state index is -0.288. The first-order valence-electron chi connectivity index (χ1n) is 11.9. The van der Waals surface area contributed by atoms with Gasteiger partial charge >= 0.3 is 0 Å². The highest BCUT2D eigenvalue weighted by atomic mass is 16.5. The molecule has 0 bridgehead atoms. The molecule has 3 aromatic carbocycles. The van der Waals surface area contributed by atoms with Gasteiger partial charge in [-0.3, -0.25) is 9.59 Å². The smallest absolute Gasteiger partial charge is 0.266 e. The number of imide groups is 1. The number of hydrogen-bond donors (Lipinski definition) is 0. The molecular formula is C30H28N2O3. The van der Waals surface area contributed by atoms with E-state index in [4.69, 9.17) is 4.74 Å². The lowest BCUT2D eigenvalue weighted by atomic mass is 9.93. The van der Waals surface area contributed by atoms with Crippen molar-refractivity contribution >= 4 is 34.3 Å². The van der Waals surface area contributed by atoms with Crippen LogP contribution in [0.2, 0.25) is 0 Å². The normalized spacial score (nSPS) is 17.0. The highest BCUT2D eigenvalue weighted by Gasteiger charge is 2.37. The number of fused-ring (bicyclic) bond motifs is 1. The van der Waals surface area contributed by atoms with Crippen LogP contribution in [0, 0.1) is 0 Å². The molecule has 2 aliphatic rings. The largest absolute Gasteiger partial charge is 0.497 e. The number of rotatable bonds is 5. The van der Waals surface area contributed by atoms with Crippen molar-refractivity contribution in [2.45, 2.75) is 19.8 Å². The maximum absolute atomic E-state index is 13.7. The van der Waals surface area contributed by atoms with E-state index in [1.807, 2.05) is 66.7 Å². The van der Waals surface area contributed by atoms with Gasteiger partial charge in [-0.1, -0.05) is 48.5 Å². The Labute approximate surface area is 205 Å². The zero-order chi connectivity index (χ0) is 24.4. The topological polar surface area (TPSA) is 49.9 Å². The summed E-state index contributed by atoms with van der Waals surface area (Å²) in [4.78, 5) is 29.9. The summed E-state index contributed by atoms with van der Waals surface area (Å²) in [6.45, 7) is 3.35. The van der Waals surface area contributed by atoms with E-state index in [-0.39, 0.29) is 11.8 Å². The number of methoxy groups -OCH3 is 1. The number of benzene rings is 3. The number of allylic oxidation sites excluding steroid dienone is 2. The number of ether oxygens (including phenoxy) is 1. The predicted octanol–water partition coefficient (Wildman–Crippen LogP) is 5.64. The molecule has 5 heteroatoms. The quantitative estimate of drug-likeness (QED) is 0.459. The summed E-state index contributed by atoms with van der Waals surface area (Å²) in [6, 6.07) is 25.5. The Morgan fingerprint density at radius 1 is 0.857 bits per heavy atom. The molecule has 3 aromatic rings. The molecule has 0 atom stereocenters. The molecule has 0 saturated carbocycles. The molecule has 5 nitrogen and oxygen atoms in total. The fourth-order valence-electron chi connectivity index (χ4n) is 4.92. The Kier molecular flexibility index (Phi) is 6.23. The second kappa shape index (κ2) is 9.63. The lowest BCUT2D eigenvalue weighted by Gasteiger charge is -2.23. The van der Waals surface area contributed by atoms with Crippen molar-refractivity contribution in [3.05, 3.63) is 102 Å². The highest BCUT2D eigenvalue weighted by molar-refractivity contribution is 6.44. The third-order valence-electron chi connectivity index (χ3n) is 6.61. The first kappa shape index (κ1) is 22.7. The Balaban J connectivity index is 1.78. The van der Waals surface area contributed by atoms with Gasteiger partial charge in [0.2, 0.25) is 5.91 Å². The Morgan fingerprint density at radius 3 is 2.17 bits per heavy atom. The summed E-state index contributed by atoms with van der Waals surface area (Å²) >= 11 is 0. The summed E-state index contributed by atoms with van der Waals surface area (Å²) in [6.07, 6.45) is 4.38. The van der Waals surface area contributed by atoms with E-state index in [0.29, 0.717) is 11.3 Å². The molecule has 0 aromatic heterocycles. The van der Waals surface area contributed by atoms with Crippen LogP contribution >= 0.6 is 0 Å². The average Bonchev–Trinajstić information content (AvgIpc) is 3.52. The number of likely N-dealkylation sites (tertiary alicyclic amines) is 1. The molecule has 0 unspecified atom stereocenters. The predicted molar refractivity (Wildman–Crippen MR) is 140 cm³/mol. The fraction of sp³-hybridized carbons (Fsp3) is 0.200. The molecule has 5 rings (SSSR count). The molecule has 2 heterocycles. The molecule has 2 aliphatic heterocycles. The summed E-state index contributed by atoms with van der Waals surface area (Å²) in [7, 11) is 1.66. The number of hydrogen-bond acceptors (Lipinski definition) is 4. The van der Waals surface area contributed by atoms with Gasteiger partial charge in [-0.2, -0.15) is 0 Å². The van der Waals surface area contributed by atoms with Gasteiger partial charge in [0.15, 0.2) is 0 Å². The van der Waals surface area contributed by atoms with Crippen LogP contribution in [0.1, 0.15) is 36.5 Å². The number of carbonyl (C=O) groups is 2. The maximum Gasteiger partial charge on any atom is 0.266 e. The van der Waals surface area contributed by atoms with E-state index in [9.17, 15) is 9.59 Å². The summed E-state index contributed by atoms with van der Waals surface area (Å²) in [5, 5.41) is 0. The van der Waals surface area contributed by atoms with E-state index in [2.05, 4.69) is 23.1 Å². The minimum Gasteiger partial charge on any atom is -0.497 e. The lowest BCUT2D eigenvalue weighted by molar-refractivity contribution is -0.122. The van der Waals surface area contributed by atoms with Crippen LogP contribution in [-0.4, -0.2) is 36.9 Å². The van der Waals surface area contributed by atoms with Crippen molar-refractivity contribution in [1.29, 1.82) is 0 Å². The molecule has 35 heavy (non-hydrogen) atoms. The van der Waals surface area contributed by atoms with Crippen LogP contribution in [0.4, 0.5) is 5.69 Å². The zero-order valence-electron chi connectivity index (χ0n) is 20.0. The van der Waals surface area contributed by atoms with E-state index in [1.165, 1.54) is 11.8 Å². The monoisotopic (exact) mass is 464 g/mol. The van der Waals surface area contributed by atoms with E-state index < -0.39 is 0 Å². The minimum absolute atomic E-state index is 0.288. The number of anilines is 1. The van der Waals surface area contributed by atoms with E-state index in [1.54, 1.807) is 7.11 Å². The van der Waals surface area contributed by atoms with Gasteiger partial charge in [0.05, 0.1) is 18.4 Å². The average molecular weight is 465 g/mol. The first-order chi connectivity index (χ1) is 17.1. The Hall–Kier alpha value is -4.12. The molecule has 1 fully saturated rings. The summed E-state index contributed by atoms with van der Waals surface area (Å²) < 4.78 is 5.37. The second-order valence-corrected chi connectivity index (χ2v) is 8.78. The molecule has 0 N–H and O–H groups in total.